The van der Waals surface area contributed by atoms with E-state index in [9.17, 15) is 9.90 Å². The van der Waals surface area contributed by atoms with Gasteiger partial charge in [-0.1, -0.05) is 6.42 Å². The molecule has 0 radical (unpaired) electrons. The Morgan fingerprint density at radius 3 is 2.84 bits per heavy atom. The van der Waals surface area contributed by atoms with Gasteiger partial charge in [0.05, 0.1) is 0 Å². The monoisotopic (exact) mass is 259 g/mol. The van der Waals surface area contributed by atoms with E-state index in [0.717, 1.165) is 23.9 Å². The van der Waals surface area contributed by atoms with E-state index in [2.05, 4.69) is 5.32 Å². The van der Waals surface area contributed by atoms with Crippen molar-refractivity contribution in [1.29, 1.82) is 0 Å². The lowest BCUT2D eigenvalue weighted by molar-refractivity contribution is 0.0941. The van der Waals surface area contributed by atoms with Gasteiger partial charge in [0.1, 0.15) is 5.75 Å². The van der Waals surface area contributed by atoms with Gasteiger partial charge in [-0.25, -0.2) is 0 Å². The molecule has 1 aromatic carbocycles. The molecule has 19 heavy (non-hydrogen) atoms. The van der Waals surface area contributed by atoms with Gasteiger partial charge < -0.3 is 10.4 Å². The van der Waals surface area contributed by atoms with Crippen molar-refractivity contribution >= 4 is 5.91 Å². The lowest BCUT2D eigenvalue weighted by Gasteiger charge is -2.22. The fraction of sp³-hybridized carbons (Fsp3) is 0.562. The van der Waals surface area contributed by atoms with Gasteiger partial charge in [-0.3, -0.25) is 4.79 Å². The van der Waals surface area contributed by atoms with E-state index in [-0.39, 0.29) is 11.7 Å². The Morgan fingerprint density at radius 1 is 1.37 bits per heavy atom. The van der Waals surface area contributed by atoms with Gasteiger partial charge in [-0.05, 0) is 67.7 Å². The Morgan fingerprint density at radius 2 is 2.21 bits per heavy atom. The van der Waals surface area contributed by atoms with E-state index in [1.807, 2.05) is 6.92 Å². The average molecular weight is 259 g/mol. The average Bonchev–Trinajstić information content (AvgIpc) is 2.98. The number of benzene rings is 1. The number of rotatable bonds is 3. The second-order valence-corrected chi connectivity index (χ2v) is 6.14. The Labute approximate surface area is 114 Å². The molecular weight excluding hydrogens is 238 g/mol. The Balaban J connectivity index is 1.59. The summed E-state index contributed by atoms with van der Waals surface area (Å²) in [6.45, 7) is 2.66. The van der Waals surface area contributed by atoms with Crippen molar-refractivity contribution < 1.29 is 9.90 Å². The first kappa shape index (κ1) is 12.5. The zero-order valence-corrected chi connectivity index (χ0v) is 11.4. The van der Waals surface area contributed by atoms with E-state index in [1.54, 1.807) is 18.2 Å². The van der Waals surface area contributed by atoms with Crippen LogP contribution in [0.5, 0.6) is 5.75 Å². The van der Waals surface area contributed by atoms with E-state index >= 15 is 0 Å². The summed E-state index contributed by atoms with van der Waals surface area (Å²) in [4.78, 5) is 12.1. The second kappa shape index (κ2) is 4.87. The molecule has 0 heterocycles. The highest BCUT2D eigenvalue weighted by atomic mass is 16.3. The van der Waals surface area contributed by atoms with E-state index in [4.69, 9.17) is 0 Å². The fourth-order valence-corrected chi connectivity index (χ4v) is 3.85. The highest BCUT2D eigenvalue weighted by molar-refractivity contribution is 5.95. The van der Waals surface area contributed by atoms with Crippen LogP contribution in [0.1, 0.15) is 41.6 Å². The maximum atomic E-state index is 12.1. The van der Waals surface area contributed by atoms with Crippen LogP contribution >= 0.6 is 0 Å². The highest BCUT2D eigenvalue weighted by Gasteiger charge is 2.39. The van der Waals surface area contributed by atoms with Crippen LogP contribution in [0.3, 0.4) is 0 Å². The molecule has 3 heteroatoms. The van der Waals surface area contributed by atoms with E-state index in [0.29, 0.717) is 11.5 Å². The van der Waals surface area contributed by atoms with Crippen LogP contribution in [0.4, 0.5) is 0 Å². The molecule has 1 aromatic rings. The third-order valence-electron chi connectivity index (χ3n) is 4.86. The lowest BCUT2D eigenvalue weighted by Crippen LogP contribution is -2.31. The molecule has 3 rings (SSSR count). The van der Waals surface area contributed by atoms with E-state index in [1.165, 1.54) is 25.7 Å². The van der Waals surface area contributed by atoms with Crippen LogP contribution in [0.25, 0.3) is 0 Å². The Hall–Kier alpha value is -1.51. The summed E-state index contributed by atoms with van der Waals surface area (Å²) in [7, 11) is 0. The molecule has 2 N–H and O–H groups in total. The molecule has 0 aromatic heterocycles. The van der Waals surface area contributed by atoms with Crippen molar-refractivity contribution in [2.24, 2.45) is 17.8 Å². The first-order chi connectivity index (χ1) is 9.13. The van der Waals surface area contributed by atoms with Crippen LogP contribution in [0.2, 0.25) is 0 Å². The van der Waals surface area contributed by atoms with Gasteiger partial charge in [0.15, 0.2) is 0 Å². The molecule has 0 spiro atoms. The maximum absolute atomic E-state index is 12.1. The number of carbonyl (C=O) groups is 1. The third kappa shape index (κ3) is 2.46. The van der Waals surface area contributed by atoms with Crippen LogP contribution in [-0.2, 0) is 0 Å². The molecule has 3 atom stereocenters. The zero-order chi connectivity index (χ0) is 13.4. The van der Waals surface area contributed by atoms with Crippen molar-refractivity contribution in [2.75, 3.05) is 6.54 Å². The standard InChI is InChI=1S/C16H21NO2/c1-10-6-14(18)4-5-15(10)16(19)17-9-13-8-11-2-3-12(13)7-11/h4-6,11-13,18H,2-3,7-9H2,1H3,(H,17,19). The first-order valence-electron chi connectivity index (χ1n) is 7.21. The molecule has 2 bridgehead atoms. The number of carbonyl (C=O) groups excluding carboxylic acids is 1. The zero-order valence-electron chi connectivity index (χ0n) is 11.4. The summed E-state index contributed by atoms with van der Waals surface area (Å²) in [5.74, 6) is 2.64. The molecular formula is C16H21NO2. The minimum absolute atomic E-state index is 0.0136. The normalized spacial score (nSPS) is 28.6. The number of phenols is 1. The predicted octanol–water partition coefficient (Wildman–Crippen LogP) is 2.87. The lowest BCUT2D eigenvalue weighted by atomic mass is 9.89. The number of amides is 1. The quantitative estimate of drug-likeness (QED) is 0.877. The molecule has 2 fully saturated rings. The Kier molecular flexibility index (Phi) is 3.21. The van der Waals surface area contributed by atoms with Gasteiger partial charge in [0.25, 0.3) is 5.91 Å². The SMILES string of the molecule is Cc1cc(O)ccc1C(=O)NCC1CC2CCC1C2. The summed E-state index contributed by atoms with van der Waals surface area (Å²) < 4.78 is 0. The van der Waals surface area contributed by atoms with Crippen molar-refractivity contribution in [1.82, 2.24) is 5.32 Å². The van der Waals surface area contributed by atoms with Gasteiger partial charge in [0, 0.05) is 12.1 Å². The predicted molar refractivity (Wildman–Crippen MR) is 74.1 cm³/mol. The van der Waals surface area contributed by atoms with Crippen LogP contribution in [-0.4, -0.2) is 17.6 Å². The summed E-state index contributed by atoms with van der Waals surface area (Å²) >= 11 is 0. The number of hydrogen-bond acceptors (Lipinski definition) is 2. The molecule has 2 aliphatic carbocycles. The number of phenolic OH excluding ortho intramolecular Hbond substituents is 1. The summed E-state index contributed by atoms with van der Waals surface area (Å²) in [6.07, 6.45) is 5.41. The molecule has 0 saturated heterocycles. The summed E-state index contributed by atoms with van der Waals surface area (Å²) in [5, 5.41) is 12.4. The maximum Gasteiger partial charge on any atom is 0.251 e. The largest absolute Gasteiger partial charge is 0.508 e. The minimum atomic E-state index is -0.0136. The van der Waals surface area contributed by atoms with Crippen LogP contribution in [0, 0.1) is 24.7 Å². The van der Waals surface area contributed by atoms with Crippen LogP contribution in [0.15, 0.2) is 18.2 Å². The molecule has 3 unspecified atom stereocenters. The molecule has 102 valence electrons. The summed E-state index contributed by atoms with van der Waals surface area (Å²) in [5.41, 5.74) is 1.49. The highest BCUT2D eigenvalue weighted by Crippen LogP contribution is 2.47. The molecule has 1 amide bonds. The number of hydrogen-bond donors (Lipinski definition) is 2. The number of aryl methyl sites for hydroxylation is 1. The third-order valence-corrected chi connectivity index (χ3v) is 4.86. The molecule has 3 nitrogen and oxygen atoms in total. The number of nitrogens with one attached hydrogen (secondary N) is 1. The smallest absolute Gasteiger partial charge is 0.251 e. The van der Waals surface area contributed by atoms with Crippen molar-refractivity contribution in [3.8, 4) is 5.75 Å². The van der Waals surface area contributed by atoms with Crippen molar-refractivity contribution in [3.63, 3.8) is 0 Å². The van der Waals surface area contributed by atoms with Crippen molar-refractivity contribution in [3.05, 3.63) is 29.3 Å². The summed E-state index contributed by atoms with van der Waals surface area (Å²) in [6, 6.07) is 4.90. The van der Waals surface area contributed by atoms with Gasteiger partial charge in [-0.15, -0.1) is 0 Å². The molecule has 0 aliphatic heterocycles. The second-order valence-electron chi connectivity index (χ2n) is 6.14. The van der Waals surface area contributed by atoms with Gasteiger partial charge in [-0.2, -0.15) is 0 Å². The van der Waals surface area contributed by atoms with Crippen LogP contribution < -0.4 is 5.32 Å². The first-order valence-corrected chi connectivity index (χ1v) is 7.21. The topological polar surface area (TPSA) is 49.3 Å². The fourth-order valence-electron chi connectivity index (χ4n) is 3.85. The van der Waals surface area contributed by atoms with Gasteiger partial charge in [0.2, 0.25) is 0 Å². The number of fused-ring (bicyclic) bond motifs is 2. The van der Waals surface area contributed by atoms with E-state index < -0.39 is 0 Å². The minimum Gasteiger partial charge on any atom is -0.508 e. The number of aromatic hydroxyl groups is 1. The Bertz CT molecular complexity index is 498. The van der Waals surface area contributed by atoms with Gasteiger partial charge >= 0.3 is 0 Å². The van der Waals surface area contributed by atoms with Crippen molar-refractivity contribution in [2.45, 2.75) is 32.6 Å². The molecule has 2 aliphatic rings. The molecule has 2 saturated carbocycles.